The average molecular weight is 241 g/mol. The third-order valence-electron chi connectivity index (χ3n) is 1.45. The van der Waals surface area contributed by atoms with Crippen LogP contribution in [0.4, 0.5) is 0 Å². The number of hydrogen-bond acceptors (Lipinski definition) is 3. The molecule has 2 rings (SSSR count). The van der Waals surface area contributed by atoms with Crippen LogP contribution in [0.3, 0.4) is 0 Å². The van der Waals surface area contributed by atoms with E-state index in [1.165, 1.54) is 0 Å². The van der Waals surface area contributed by atoms with Crippen molar-refractivity contribution in [3.8, 4) is 11.3 Å². The van der Waals surface area contributed by atoms with Gasteiger partial charge in [0.15, 0.2) is 0 Å². The number of thiazole rings is 1. The van der Waals surface area contributed by atoms with Gasteiger partial charge in [-0.1, -0.05) is 0 Å². The number of aromatic nitrogens is 2. The number of halogens is 1. The smallest absolute Gasteiger partial charge is 0.106 e. The standard InChI is InChI=1S/C8H5BrN2S/c9-8-3-6(1-2-10-8)7-4-12-5-11-7/h1-5H. The van der Waals surface area contributed by atoms with E-state index in [0.29, 0.717) is 0 Å². The maximum Gasteiger partial charge on any atom is 0.106 e. The van der Waals surface area contributed by atoms with E-state index >= 15 is 0 Å². The van der Waals surface area contributed by atoms with Crippen LogP contribution in [0.15, 0.2) is 33.8 Å². The topological polar surface area (TPSA) is 25.8 Å². The maximum absolute atomic E-state index is 4.20. The Morgan fingerprint density at radius 2 is 2.25 bits per heavy atom. The van der Waals surface area contributed by atoms with Crippen molar-refractivity contribution < 1.29 is 0 Å². The molecule has 0 radical (unpaired) electrons. The van der Waals surface area contributed by atoms with Gasteiger partial charge in [-0.2, -0.15) is 0 Å². The van der Waals surface area contributed by atoms with Crippen molar-refractivity contribution in [2.75, 3.05) is 0 Å². The predicted octanol–water partition coefficient (Wildman–Crippen LogP) is 2.97. The highest BCUT2D eigenvalue weighted by atomic mass is 79.9. The zero-order valence-electron chi connectivity index (χ0n) is 6.07. The summed E-state index contributed by atoms with van der Waals surface area (Å²) >= 11 is 4.91. The number of rotatable bonds is 1. The van der Waals surface area contributed by atoms with Crippen molar-refractivity contribution >= 4 is 27.3 Å². The first-order valence-corrected chi connectivity index (χ1v) is 5.10. The van der Waals surface area contributed by atoms with Crippen LogP contribution in [0, 0.1) is 0 Å². The molecule has 0 aromatic carbocycles. The lowest BCUT2D eigenvalue weighted by atomic mass is 10.2. The summed E-state index contributed by atoms with van der Waals surface area (Å²) < 4.78 is 0.841. The highest BCUT2D eigenvalue weighted by Crippen LogP contribution is 2.20. The van der Waals surface area contributed by atoms with Crippen LogP contribution in [0.2, 0.25) is 0 Å². The van der Waals surface area contributed by atoms with E-state index < -0.39 is 0 Å². The summed E-state index contributed by atoms with van der Waals surface area (Å²) in [7, 11) is 0. The van der Waals surface area contributed by atoms with E-state index in [0.717, 1.165) is 15.9 Å². The first-order valence-electron chi connectivity index (χ1n) is 3.36. The molecule has 0 unspecified atom stereocenters. The van der Waals surface area contributed by atoms with E-state index in [-0.39, 0.29) is 0 Å². The Balaban J connectivity index is 2.48. The van der Waals surface area contributed by atoms with Crippen LogP contribution in [-0.2, 0) is 0 Å². The fraction of sp³-hybridized carbons (Fsp3) is 0. The quantitative estimate of drug-likeness (QED) is 0.717. The zero-order chi connectivity index (χ0) is 8.39. The molecule has 2 aromatic rings. The minimum atomic E-state index is 0.841. The third-order valence-corrected chi connectivity index (χ3v) is 2.47. The summed E-state index contributed by atoms with van der Waals surface area (Å²) in [5.74, 6) is 0. The van der Waals surface area contributed by atoms with Gasteiger partial charge in [-0.3, -0.25) is 0 Å². The first kappa shape index (κ1) is 7.89. The van der Waals surface area contributed by atoms with Crippen LogP contribution in [-0.4, -0.2) is 9.97 Å². The summed E-state index contributed by atoms with van der Waals surface area (Å²) in [5.41, 5.74) is 3.92. The molecule has 0 N–H and O–H groups in total. The summed E-state index contributed by atoms with van der Waals surface area (Å²) in [6, 6.07) is 3.90. The second-order valence-corrected chi connectivity index (χ2v) is 3.77. The van der Waals surface area contributed by atoms with Gasteiger partial charge < -0.3 is 0 Å². The van der Waals surface area contributed by atoms with E-state index in [1.807, 2.05) is 23.0 Å². The van der Waals surface area contributed by atoms with Gasteiger partial charge in [-0.15, -0.1) is 11.3 Å². The van der Waals surface area contributed by atoms with Gasteiger partial charge in [-0.05, 0) is 28.1 Å². The van der Waals surface area contributed by atoms with Crippen molar-refractivity contribution in [3.05, 3.63) is 33.8 Å². The van der Waals surface area contributed by atoms with Crippen molar-refractivity contribution in [3.63, 3.8) is 0 Å². The maximum atomic E-state index is 4.20. The third kappa shape index (κ3) is 1.54. The van der Waals surface area contributed by atoms with E-state index in [4.69, 9.17) is 0 Å². The molecule has 2 nitrogen and oxygen atoms in total. The van der Waals surface area contributed by atoms with Gasteiger partial charge in [0, 0.05) is 17.1 Å². The molecule has 0 aliphatic heterocycles. The highest BCUT2D eigenvalue weighted by molar-refractivity contribution is 9.10. The normalized spacial score (nSPS) is 10.1. The Morgan fingerprint density at radius 1 is 1.33 bits per heavy atom. The Kier molecular flexibility index (Phi) is 2.19. The van der Waals surface area contributed by atoms with Crippen LogP contribution in [0.1, 0.15) is 0 Å². The van der Waals surface area contributed by atoms with Crippen molar-refractivity contribution in [2.24, 2.45) is 0 Å². The fourth-order valence-electron chi connectivity index (χ4n) is 0.917. The molecule has 0 atom stereocenters. The number of hydrogen-bond donors (Lipinski definition) is 0. The van der Waals surface area contributed by atoms with E-state index in [9.17, 15) is 0 Å². The van der Waals surface area contributed by atoms with Crippen molar-refractivity contribution in [1.29, 1.82) is 0 Å². The molecule has 0 fully saturated rings. The fourth-order valence-corrected chi connectivity index (χ4v) is 1.84. The monoisotopic (exact) mass is 240 g/mol. The van der Waals surface area contributed by atoms with E-state index in [2.05, 4.69) is 25.9 Å². The minimum absolute atomic E-state index is 0.841. The molecule has 2 aromatic heterocycles. The second-order valence-electron chi connectivity index (χ2n) is 2.24. The highest BCUT2D eigenvalue weighted by Gasteiger charge is 1.99. The molecule has 0 bridgehead atoms. The van der Waals surface area contributed by atoms with Crippen LogP contribution in [0.5, 0.6) is 0 Å². The van der Waals surface area contributed by atoms with Gasteiger partial charge in [0.05, 0.1) is 11.2 Å². The molecular formula is C8H5BrN2S. The van der Waals surface area contributed by atoms with Crippen molar-refractivity contribution in [1.82, 2.24) is 9.97 Å². The molecule has 0 saturated carbocycles. The molecule has 0 amide bonds. The van der Waals surface area contributed by atoms with Crippen molar-refractivity contribution in [2.45, 2.75) is 0 Å². The largest absolute Gasteiger partial charge is 0.249 e. The molecule has 0 saturated heterocycles. The van der Waals surface area contributed by atoms with Crippen LogP contribution in [0.25, 0.3) is 11.3 Å². The average Bonchev–Trinajstić information content (AvgIpc) is 2.56. The Bertz CT molecular complexity index is 372. The Hall–Kier alpha value is -0.740. The minimum Gasteiger partial charge on any atom is -0.249 e. The summed E-state index contributed by atoms with van der Waals surface area (Å²) in [6.07, 6.45) is 1.76. The molecular weight excluding hydrogens is 236 g/mol. The zero-order valence-corrected chi connectivity index (χ0v) is 8.47. The van der Waals surface area contributed by atoms with Gasteiger partial charge in [-0.25, -0.2) is 9.97 Å². The van der Waals surface area contributed by atoms with Crippen LogP contribution < -0.4 is 0 Å². The molecule has 4 heteroatoms. The summed E-state index contributed by atoms with van der Waals surface area (Å²) in [6.45, 7) is 0. The lowest BCUT2D eigenvalue weighted by molar-refractivity contribution is 1.27. The van der Waals surface area contributed by atoms with Gasteiger partial charge in [0.25, 0.3) is 0 Å². The molecule has 2 heterocycles. The van der Waals surface area contributed by atoms with Gasteiger partial charge in [0.1, 0.15) is 4.60 Å². The number of pyridine rings is 1. The predicted molar refractivity (Wildman–Crippen MR) is 53.0 cm³/mol. The summed E-state index contributed by atoms with van der Waals surface area (Å²) in [5, 5.41) is 2.02. The molecule has 0 aliphatic rings. The lowest BCUT2D eigenvalue weighted by Crippen LogP contribution is -1.78. The van der Waals surface area contributed by atoms with Crippen LogP contribution >= 0.6 is 27.3 Å². The molecule has 0 spiro atoms. The first-order chi connectivity index (χ1) is 5.86. The Morgan fingerprint density at radius 3 is 2.92 bits per heavy atom. The lowest BCUT2D eigenvalue weighted by Gasteiger charge is -1.95. The molecule has 60 valence electrons. The molecule has 0 aliphatic carbocycles. The van der Waals surface area contributed by atoms with Gasteiger partial charge in [0.2, 0.25) is 0 Å². The Labute approximate surface area is 82.4 Å². The SMILES string of the molecule is Brc1cc(-c2cscn2)ccn1. The summed E-state index contributed by atoms with van der Waals surface area (Å²) in [4.78, 5) is 8.24. The van der Waals surface area contributed by atoms with Gasteiger partial charge >= 0.3 is 0 Å². The number of nitrogens with zero attached hydrogens (tertiary/aromatic N) is 2. The molecule has 12 heavy (non-hydrogen) atoms. The second kappa shape index (κ2) is 3.33. The van der Waals surface area contributed by atoms with E-state index in [1.54, 1.807) is 17.5 Å².